The number of rotatable bonds is 9. The molecule has 0 saturated carbocycles. The maximum absolute atomic E-state index is 12.7. The minimum atomic E-state index is -3.72. The Hall–Kier alpha value is -3.24. The molecule has 1 saturated heterocycles. The number of carbonyl (C=O) groups is 1. The molecule has 1 aliphatic heterocycles. The van der Waals surface area contributed by atoms with Gasteiger partial charge in [0.05, 0.1) is 12.1 Å². The summed E-state index contributed by atoms with van der Waals surface area (Å²) in [7, 11) is -3.72. The van der Waals surface area contributed by atoms with Crippen LogP contribution < -0.4 is 5.32 Å². The third kappa shape index (κ3) is 6.98. The molecular formula is C30H30Cl2N4O4S. The first kappa shape index (κ1) is 29.3. The molecule has 0 radical (unpaired) electrons. The summed E-state index contributed by atoms with van der Waals surface area (Å²) in [5.74, 6) is -0.752. The van der Waals surface area contributed by atoms with E-state index >= 15 is 0 Å². The van der Waals surface area contributed by atoms with Crippen LogP contribution in [-0.4, -0.2) is 60.2 Å². The van der Waals surface area contributed by atoms with Crippen LogP contribution >= 0.6 is 23.2 Å². The van der Waals surface area contributed by atoms with E-state index in [1.165, 1.54) is 10.6 Å². The highest BCUT2D eigenvalue weighted by Gasteiger charge is 2.30. The molecular weight excluding hydrogens is 583 g/mol. The van der Waals surface area contributed by atoms with Crippen LogP contribution in [0.3, 0.4) is 0 Å². The highest BCUT2D eigenvalue weighted by molar-refractivity contribution is 7.89. The van der Waals surface area contributed by atoms with Crippen molar-refractivity contribution < 1.29 is 17.9 Å². The van der Waals surface area contributed by atoms with E-state index in [4.69, 9.17) is 27.9 Å². The highest BCUT2D eigenvalue weighted by Crippen LogP contribution is 2.35. The number of aromatic nitrogens is 2. The van der Waals surface area contributed by atoms with E-state index in [0.717, 1.165) is 27.6 Å². The maximum Gasteiger partial charge on any atom is 0.322 e. The SMILES string of the molecule is CCOC(=O)CS(=O)(=O)N1CCC(Nc2ncnc3ccc(C(c4ccc(Cl)cc4)c4ccc(Cl)cc4)cc23)CC1. The molecule has 0 amide bonds. The van der Waals surface area contributed by atoms with E-state index in [9.17, 15) is 13.2 Å². The fourth-order valence-corrected chi connectivity index (χ4v) is 6.75. The van der Waals surface area contributed by atoms with Crippen molar-refractivity contribution in [2.45, 2.75) is 31.7 Å². The Morgan fingerprint density at radius 1 is 0.951 bits per heavy atom. The van der Waals surface area contributed by atoms with Crippen molar-refractivity contribution in [3.8, 4) is 0 Å². The number of sulfonamides is 1. The number of fused-ring (bicyclic) bond motifs is 1. The number of benzene rings is 3. The van der Waals surface area contributed by atoms with Crippen molar-refractivity contribution in [1.29, 1.82) is 0 Å². The molecule has 4 aromatic rings. The third-order valence-corrected chi connectivity index (χ3v) is 9.45. The molecule has 0 bridgehead atoms. The van der Waals surface area contributed by atoms with Gasteiger partial charge in [-0.2, -0.15) is 0 Å². The normalized spacial score (nSPS) is 14.8. The van der Waals surface area contributed by atoms with Crippen molar-refractivity contribution in [2.75, 3.05) is 30.8 Å². The van der Waals surface area contributed by atoms with Crippen LogP contribution in [0.25, 0.3) is 10.9 Å². The molecule has 2 heterocycles. The van der Waals surface area contributed by atoms with Gasteiger partial charge in [-0.3, -0.25) is 4.79 Å². The molecule has 3 aromatic carbocycles. The second-order valence-corrected chi connectivity index (χ2v) is 12.8. The topological polar surface area (TPSA) is 101 Å². The Balaban J connectivity index is 1.39. The first-order chi connectivity index (χ1) is 19.7. The number of nitrogens with zero attached hydrogens (tertiary/aromatic N) is 3. The first-order valence-corrected chi connectivity index (χ1v) is 15.8. The molecule has 1 aliphatic rings. The zero-order chi connectivity index (χ0) is 29.0. The van der Waals surface area contributed by atoms with Gasteiger partial charge in [0.15, 0.2) is 5.75 Å². The predicted molar refractivity (Wildman–Crippen MR) is 162 cm³/mol. The van der Waals surface area contributed by atoms with Crippen LogP contribution in [-0.2, 0) is 19.6 Å². The van der Waals surface area contributed by atoms with Crippen LogP contribution in [0.4, 0.5) is 5.82 Å². The molecule has 0 aliphatic carbocycles. The smallest absolute Gasteiger partial charge is 0.322 e. The highest BCUT2D eigenvalue weighted by atomic mass is 35.5. The quantitative estimate of drug-likeness (QED) is 0.186. The summed E-state index contributed by atoms with van der Waals surface area (Å²) < 4.78 is 31.5. The summed E-state index contributed by atoms with van der Waals surface area (Å²) in [5.41, 5.74) is 4.02. The number of piperidine rings is 1. The van der Waals surface area contributed by atoms with E-state index < -0.39 is 21.7 Å². The largest absolute Gasteiger partial charge is 0.465 e. The number of ether oxygens (including phenoxy) is 1. The van der Waals surface area contributed by atoms with Gasteiger partial charge in [0, 0.05) is 40.5 Å². The van der Waals surface area contributed by atoms with E-state index in [1.54, 1.807) is 6.92 Å². The second-order valence-electron chi connectivity index (χ2n) is 9.91. The van der Waals surface area contributed by atoms with E-state index in [0.29, 0.717) is 41.8 Å². The van der Waals surface area contributed by atoms with Gasteiger partial charge in [0.2, 0.25) is 10.0 Å². The summed E-state index contributed by atoms with van der Waals surface area (Å²) in [6, 6.07) is 21.8. The molecule has 1 N–H and O–H groups in total. The van der Waals surface area contributed by atoms with E-state index in [2.05, 4.69) is 27.4 Å². The summed E-state index contributed by atoms with van der Waals surface area (Å²) in [6.45, 7) is 2.41. The molecule has 214 valence electrons. The zero-order valence-electron chi connectivity index (χ0n) is 22.5. The lowest BCUT2D eigenvalue weighted by Gasteiger charge is -2.31. The lowest BCUT2D eigenvalue weighted by molar-refractivity contribution is -0.140. The van der Waals surface area contributed by atoms with Gasteiger partial charge in [0.25, 0.3) is 0 Å². The monoisotopic (exact) mass is 612 g/mol. The molecule has 0 spiro atoms. The van der Waals surface area contributed by atoms with Crippen LogP contribution in [0, 0.1) is 0 Å². The average molecular weight is 614 g/mol. The van der Waals surface area contributed by atoms with Crippen molar-refractivity contribution in [3.05, 3.63) is 99.8 Å². The molecule has 0 atom stereocenters. The Morgan fingerprint density at radius 2 is 1.54 bits per heavy atom. The summed E-state index contributed by atoms with van der Waals surface area (Å²) in [5, 5.41) is 5.73. The molecule has 11 heteroatoms. The number of halogens is 2. The number of hydrogen-bond donors (Lipinski definition) is 1. The Labute approximate surface area is 249 Å². The molecule has 0 unspecified atom stereocenters. The molecule has 41 heavy (non-hydrogen) atoms. The molecule has 8 nitrogen and oxygen atoms in total. The van der Waals surface area contributed by atoms with E-state index in [1.807, 2.05) is 54.6 Å². The first-order valence-electron chi connectivity index (χ1n) is 13.4. The van der Waals surface area contributed by atoms with Crippen LogP contribution in [0.5, 0.6) is 0 Å². The number of anilines is 1. The third-order valence-electron chi connectivity index (χ3n) is 7.19. The summed E-state index contributed by atoms with van der Waals surface area (Å²) >= 11 is 12.4. The van der Waals surface area contributed by atoms with Gasteiger partial charge in [0.1, 0.15) is 12.1 Å². The van der Waals surface area contributed by atoms with Crippen molar-refractivity contribution in [1.82, 2.24) is 14.3 Å². The lowest BCUT2D eigenvalue weighted by Crippen LogP contribution is -2.44. The van der Waals surface area contributed by atoms with Crippen LogP contribution in [0.15, 0.2) is 73.1 Å². The molecule has 1 aromatic heterocycles. The van der Waals surface area contributed by atoms with Gasteiger partial charge in [-0.25, -0.2) is 22.7 Å². The van der Waals surface area contributed by atoms with Crippen molar-refractivity contribution in [3.63, 3.8) is 0 Å². The number of esters is 1. The van der Waals surface area contributed by atoms with Crippen molar-refractivity contribution >= 4 is 55.9 Å². The number of nitrogens with one attached hydrogen (secondary N) is 1. The summed E-state index contributed by atoms with van der Waals surface area (Å²) in [6.07, 6.45) is 2.68. The Morgan fingerprint density at radius 3 is 2.12 bits per heavy atom. The minimum Gasteiger partial charge on any atom is -0.465 e. The van der Waals surface area contributed by atoms with Gasteiger partial charge in [-0.1, -0.05) is 53.5 Å². The van der Waals surface area contributed by atoms with Gasteiger partial charge < -0.3 is 10.1 Å². The Bertz CT molecular complexity index is 1580. The van der Waals surface area contributed by atoms with Gasteiger partial charge in [-0.05, 0) is 72.9 Å². The van der Waals surface area contributed by atoms with Crippen molar-refractivity contribution in [2.24, 2.45) is 0 Å². The summed E-state index contributed by atoms with van der Waals surface area (Å²) in [4.78, 5) is 20.8. The Kier molecular flexibility index (Phi) is 9.09. The van der Waals surface area contributed by atoms with Gasteiger partial charge >= 0.3 is 5.97 Å². The van der Waals surface area contributed by atoms with E-state index in [-0.39, 0.29) is 18.6 Å². The predicted octanol–water partition coefficient (Wildman–Crippen LogP) is 5.89. The fraction of sp³-hybridized carbons (Fsp3) is 0.300. The number of carbonyl (C=O) groups excluding carboxylic acids is 1. The van der Waals surface area contributed by atoms with Crippen LogP contribution in [0.2, 0.25) is 10.0 Å². The maximum atomic E-state index is 12.7. The average Bonchev–Trinajstić information content (AvgIpc) is 2.96. The molecule has 5 rings (SSSR count). The number of hydrogen-bond acceptors (Lipinski definition) is 7. The fourth-order valence-electron chi connectivity index (χ4n) is 5.17. The van der Waals surface area contributed by atoms with Crippen LogP contribution in [0.1, 0.15) is 42.4 Å². The zero-order valence-corrected chi connectivity index (χ0v) is 24.8. The molecule has 1 fully saturated rings. The minimum absolute atomic E-state index is 0.00845. The standard InChI is InChI=1S/C30H30Cl2N4O4S/c1-2-40-28(37)18-41(38,39)36-15-13-25(14-16-36)35-30-26-17-22(7-12-27(26)33-19-34-30)29(20-3-8-23(31)9-4-20)21-5-10-24(32)11-6-21/h3-12,17,19,25,29H,2,13-16,18H2,1H3,(H,33,34,35). The lowest BCUT2D eigenvalue weighted by atomic mass is 9.84. The second kappa shape index (κ2) is 12.7. The van der Waals surface area contributed by atoms with Gasteiger partial charge in [-0.15, -0.1) is 0 Å².